The number of hydrogen-bond donors (Lipinski definition) is 2. The molecule has 0 spiro atoms. The van der Waals surface area contributed by atoms with Crippen LogP contribution >= 0.6 is 0 Å². The fourth-order valence-corrected chi connectivity index (χ4v) is 1.56. The van der Waals surface area contributed by atoms with Crippen LogP contribution in [0.4, 0.5) is 0 Å². The molecule has 0 fully saturated rings. The van der Waals surface area contributed by atoms with E-state index in [-0.39, 0.29) is 12.5 Å². The normalized spacial score (nSPS) is 15.1. The lowest BCUT2D eigenvalue weighted by Gasteiger charge is -2.17. The van der Waals surface area contributed by atoms with Crippen molar-refractivity contribution in [2.45, 2.75) is 31.8 Å². The molecule has 1 rings (SSSR count). The molecule has 14 heavy (non-hydrogen) atoms. The van der Waals surface area contributed by atoms with E-state index in [2.05, 4.69) is 11.9 Å². The minimum Gasteiger partial charge on any atom is -0.394 e. The molecule has 0 bridgehead atoms. The van der Waals surface area contributed by atoms with Gasteiger partial charge in [0.2, 0.25) is 0 Å². The van der Waals surface area contributed by atoms with Crippen molar-refractivity contribution in [3.8, 4) is 0 Å². The number of aliphatic hydroxyl groups excluding tert-OH is 2. The second-order valence-corrected chi connectivity index (χ2v) is 3.46. The maximum atomic E-state index is 9.35. The summed E-state index contributed by atoms with van der Waals surface area (Å²) in [6, 6.07) is 3.90. The summed E-state index contributed by atoms with van der Waals surface area (Å²) in [5, 5.41) is 18.1. The Balaban J connectivity index is 2.63. The Labute approximate surface area is 84.4 Å². The largest absolute Gasteiger partial charge is 0.394 e. The Morgan fingerprint density at radius 3 is 2.79 bits per heavy atom. The molecule has 78 valence electrons. The number of pyridine rings is 1. The fourth-order valence-electron chi connectivity index (χ4n) is 1.56. The molecule has 0 saturated carbocycles. The monoisotopic (exact) mass is 195 g/mol. The van der Waals surface area contributed by atoms with Gasteiger partial charge in [-0.05, 0) is 30.4 Å². The maximum absolute atomic E-state index is 9.35. The molecule has 2 atom stereocenters. The summed E-state index contributed by atoms with van der Waals surface area (Å²) in [4.78, 5) is 4.04. The van der Waals surface area contributed by atoms with E-state index in [9.17, 15) is 5.11 Å². The molecule has 0 aliphatic rings. The van der Waals surface area contributed by atoms with Crippen molar-refractivity contribution in [1.82, 2.24) is 4.98 Å². The van der Waals surface area contributed by atoms with Crippen molar-refractivity contribution in [1.29, 1.82) is 0 Å². The summed E-state index contributed by atoms with van der Waals surface area (Å²) in [6.45, 7) is 1.90. The van der Waals surface area contributed by atoms with E-state index in [1.54, 1.807) is 6.20 Å². The molecule has 2 unspecified atom stereocenters. The average molecular weight is 195 g/mol. The Bertz CT molecular complexity index is 251. The molecule has 0 saturated heterocycles. The molecule has 1 heterocycles. The highest BCUT2D eigenvalue weighted by Crippen LogP contribution is 2.23. The summed E-state index contributed by atoms with van der Waals surface area (Å²) in [5.41, 5.74) is 1.13. The second-order valence-electron chi connectivity index (χ2n) is 3.46. The Morgan fingerprint density at radius 1 is 1.50 bits per heavy atom. The van der Waals surface area contributed by atoms with E-state index in [1.165, 1.54) is 0 Å². The van der Waals surface area contributed by atoms with Crippen LogP contribution in [0.3, 0.4) is 0 Å². The van der Waals surface area contributed by atoms with Crippen LogP contribution in [0.2, 0.25) is 0 Å². The van der Waals surface area contributed by atoms with Crippen LogP contribution < -0.4 is 0 Å². The van der Waals surface area contributed by atoms with E-state index in [1.807, 2.05) is 18.3 Å². The zero-order chi connectivity index (χ0) is 10.4. The first-order chi connectivity index (χ1) is 6.77. The van der Waals surface area contributed by atoms with E-state index in [0.29, 0.717) is 6.42 Å². The standard InChI is InChI=1S/C11H17NO2/c1-2-9(6-11(14)8-13)10-4-3-5-12-7-10/h3-5,7,9,11,13-14H,2,6,8H2,1H3. The lowest BCUT2D eigenvalue weighted by Crippen LogP contribution is -2.16. The first-order valence-corrected chi connectivity index (χ1v) is 4.96. The van der Waals surface area contributed by atoms with Gasteiger partial charge in [-0.15, -0.1) is 0 Å². The molecule has 0 aliphatic heterocycles. The smallest absolute Gasteiger partial charge is 0.0776 e. The van der Waals surface area contributed by atoms with Crippen LogP contribution in [0.5, 0.6) is 0 Å². The second kappa shape index (κ2) is 5.73. The van der Waals surface area contributed by atoms with Crippen molar-refractivity contribution in [2.24, 2.45) is 0 Å². The highest BCUT2D eigenvalue weighted by Gasteiger charge is 2.13. The van der Waals surface area contributed by atoms with Crippen molar-refractivity contribution in [3.05, 3.63) is 30.1 Å². The molecule has 0 amide bonds. The van der Waals surface area contributed by atoms with Gasteiger partial charge in [0, 0.05) is 12.4 Å². The van der Waals surface area contributed by atoms with Gasteiger partial charge in [0.1, 0.15) is 0 Å². The van der Waals surface area contributed by atoms with Gasteiger partial charge in [-0.3, -0.25) is 4.98 Å². The number of rotatable bonds is 5. The Morgan fingerprint density at radius 2 is 2.29 bits per heavy atom. The first kappa shape index (κ1) is 11.1. The van der Waals surface area contributed by atoms with Crippen LogP contribution in [0, 0.1) is 0 Å². The molecule has 0 aromatic carbocycles. The molecule has 0 aliphatic carbocycles. The van der Waals surface area contributed by atoms with E-state index in [0.717, 1.165) is 12.0 Å². The Hall–Kier alpha value is -0.930. The number of aliphatic hydroxyl groups is 2. The van der Waals surface area contributed by atoms with Crippen LogP contribution in [0.15, 0.2) is 24.5 Å². The van der Waals surface area contributed by atoms with Crippen LogP contribution in [-0.2, 0) is 0 Å². The van der Waals surface area contributed by atoms with Gasteiger partial charge >= 0.3 is 0 Å². The summed E-state index contributed by atoms with van der Waals surface area (Å²) < 4.78 is 0. The van der Waals surface area contributed by atoms with Gasteiger partial charge in [0.15, 0.2) is 0 Å². The summed E-state index contributed by atoms with van der Waals surface area (Å²) >= 11 is 0. The highest BCUT2D eigenvalue weighted by molar-refractivity contribution is 5.14. The SMILES string of the molecule is CCC(CC(O)CO)c1cccnc1. The average Bonchev–Trinajstić information content (AvgIpc) is 2.26. The van der Waals surface area contributed by atoms with Gasteiger partial charge in [-0.1, -0.05) is 13.0 Å². The maximum Gasteiger partial charge on any atom is 0.0776 e. The van der Waals surface area contributed by atoms with Gasteiger partial charge in [-0.25, -0.2) is 0 Å². The zero-order valence-electron chi connectivity index (χ0n) is 8.43. The van der Waals surface area contributed by atoms with Crippen molar-refractivity contribution < 1.29 is 10.2 Å². The van der Waals surface area contributed by atoms with E-state index < -0.39 is 6.10 Å². The minimum atomic E-state index is -0.625. The predicted octanol–water partition coefficient (Wildman–Crippen LogP) is 1.32. The molecular formula is C11H17NO2. The third-order valence-electron chi connectivity index (χ3n) is 2.42. The van der Waals surface area contributed by atoms with Gasteiger partial charge in [-0.2, -0.15) is 0 Å². The van der Waals surface area contributed by atoms with E-state index in [4.69, 9.17) is 5.11 Å². The molecular weight excluding hydrogens is 178 g/mol. The molecule has 3 heteroatoms. The predicted molar refractivity (Wildman–Crippen MR) is 55.0 cm³/mol. The van der Waals surface area contributed by atoms with Crippen LogP contribution in [0.1, 0.15) is 31.2 Å². The fraction of sp³-hybridized carbons (Fsp3) is 0.545. The lowest BCUT2D eigenvalue weighted by molar-refractivity contribution is 0.0817. The number of nitrogens with zero attached hydrogens (tertiary/aromatic N) is 1. The third-order valence-corrected chi connectivity index (χ3v) is 2.42. The topological polar surface area (TPSA) is 53.4 Å². The summed E-state index contributed by atoms with van der Waals surface area (Å²) in [5.74, 6) is 0.283. The summed E-state index contributed by atoms with van der Waals surface area (Å²) in [7, 11) is 0. The zero-order valence-corrected chi connectivity index (χ0v) is 8.43. The van der Waals surface area contributed by atoms with Crippen LogP contribution in [0.25, 0.3) is 0 Å². The van der Waals surface area contributed by atoms with Crippen molar-refractivity contribution >= 4 is 0 Å². The van der Waals surface area contributed by atoms with Crippen molar-refractivity contribution in [2.75, 3.05) is 6.61 Å². The summed E-state index contributed by atoms with van der Waals surface area (Å²) in [6.07, 6.45) is 4.47. The number of hydrogen-bond acceptors (Lipinski definition) is 3. The minimum absolute atomic E-state index is 0.170. The van der Waals surface area contributed by atoms with E-state index >= 15 is 0 Å². The first-order valence-electron chi connectivity index (χ1n) is 4.96. The number of aromatic nitrogens is 1. The van der Waals surface area contributed by atoms with Gasteiger partial charge < -0.3 is 10.2 Å². The lowest BCUT2D eigenvalue weighted by atomic mass is 9.92. The Kier molecular flexibility index (Phi) is 4.56. The molecule has 1 aromatic rings. The molecule has 0 radical (unpaired) electrons. The third kappa shape index (κ3) is 3.09. The molecule has 2 N–H and O–H groups in total. The quantitative estimate of drug-likeness (QED) is 0.745. The van der Waals surface area contributed by atoms with Crippen molar-refractivity contribution in [3.63, 3.8) is 0 Å². The molecule has 3 nitrogen and oxygen atoms in total. The van der Waals surface area contributed by atoms with Crippen LogP contribution in [-0.4, -0.2) is 27.9 Å². The highest BCUT2D eigenvalue weighted by atomic mass is 16.3. The van der Waals surface area contributed by atoms with Gasteiger partial charge in [0.05, 0.1) is 12.7 Å². The molecule has 1 aromatic heterocycles. The van der Waals surface area contributed by atoms with Gasteiger partial charge in [0.25, 0.3) is 0 Å².